The van der Waals surface area contributed by atoms with Crippen molar-refractivity contribution in [2.45, 2.75) is 89.9 Å². The molecule has 0 aliphatic rings. The fraction of sp³-hybridized carbons (Fsp3) is 0.938. The molecule has 0 fully saturated rings. The third-order valence-corrected chi connectivity index (χ3v) is 3.86. The van der Waals surface area contributed by atoms with Gasteiger partial charge < -0.3 is 6.53 Å². The largest absolute Gasteiger partial charge is 1.00 e. The van der Waals surface area contributed by atoms with E-state index in [0.29, 0.717) is 6.42 Å². The molecule has 0 saturated carbocycles. The first kappa shape index (κ1) is 23.1. The van der Waals surface area contributed by atoms with E-state index < -0.39 is 5.97 Å². The second-order valence-corrected chi connectivity index (χ2v) is 5.91. The van der Waals surface area contributed by atoms with Gasteiger partial charge in [0.05, 0.1) is 0 Å². The van der Waals surface area contributed by atoms with Gasteiger partial charge in [0, 0.05) is 6.42 Å². The topological polar surface area (TPSA) is 37.3 Å². The van der Waals surface area contributed by atoms with Gasteiger partial charge in [-0.15, -0.1) is 0 Å². The molecule has 0 bridgehead atoms. The molecule has 0 aromatic heterocycles. The number of carboxylic acids is 1. The van der Waals surface area contributed by atoms with Crippen molar-refractivity contribution in [3.8, 4) is 0 Å². The molecule has 116 valence electrons. The SMILES string of the molecule is O=C(O)CCCCCCCCCCCCCCCS.[H-].[Na+]. The summed E-state index contributed by atoms with van der Waals surface area (Å²) >= 11 is 4.21. The van der Waals surface area contributed by atoms with Crippen LogP contribution in [0.3, 0.4) is 0 Å². The molecule has 0 amide bonds. The van der Waals surface area contributed by atoms with Crippen LogP contribution in [0.4, 0.5) is 0 Å². The Morgan fingerprint density at radius 2 is 1.00 bits per heavy atom. The van der Waals surface area contributed by atoms with Crippen LogP contribution in [-0.4, -0.2) is 16.8 Å². The monoisotopic (exact) mass is 312 g/mol. The second kappa shape index (κ2) is 19.8. The molecule has 4 heteroatoms. The molecule has 0 aromatic carbocycles. The zero-order valence-corrected chi connectivity index (χ0v) is 16.3. The van der Waals surface area contributed by atoms with E-state index in [4.69, 9.17) is 5.11 Å². The molecule has 0 aliphatic carbocycles. The predicted molar refractivity (Wildman–Crippen MR) is 87.2 cm³/mol. The average Bonchev–Trinajstić information content (AvgIpc) is 2.39. The average molecular weight is 312 g/mol. The summed E-state index contributed by atoms with van der Waals surface area (Å²) in [6, 6.07) is 0. The van der Waals surface area contributed by atoms with Crippen molar-refractivity contribution in [1.82, 2.24) is 0 Å². The van der Waals surface area contributed by atoms with E-state index >= 15 is 0 Å². The van der Waals surface area contributed by atoms with Crippen LogP contribution in [0.1, 0.15) is 91.3 Å². The van der Waals surface area contributed by atoms with Gasteiger partial charge in [0.25, 0.3) is 0 Å². The maximum Gasteiger partial charge on any atom is 1.00 e. The molecule has 20 heavy (non-hydrogen) atoms. The minimum atomic E-state index is -0.658. The Morgan fingerprint density at radius 1 is 0.700 bits per heavy atom. The molecule has 0 saturated heterocycles. The molecule has 0 rings (SSSR count). The van der Waals surface area contributed by atoms with Crippen LogP contribution in [0.25, 0.3) is 0 Å². The van der Waals surface area contributed by atoms with Crippen LogP contribution in [0.5, 0.6) is 0 Å². The number of unbranched alkanes of at least 4 members (excludes halogenated alkanes) is 12. The van der Waals surface area contributed by atoms with Crippen LogP contribution in [0.15, 0.2) is 0 Å². The van der Waals surface area contributed by atoms with Gasteiger partial charge in [-0.2, -0.15) is 12.6 Å². The van der Waals surface area contributed by atoms with E-state index in [1.54, 1.807) is 0 Å². The maximum absolute atomic E-state index is 10.3. The Bertz CT molecular complexity index is 207. The molecular formula is C16H33NaO2S. The summed E-state index contributed by atoms with van der Waals surface area (Å²) in [4.78, 5) is 10.3. The zero-order valence-electron chi connectivity index (χ0n) is 14.4. The summed E-state index contributed by atoms with van der Waals surface area (Å²) in [6.45, 7) is 0. The maximum atomic E-state index is 10.3. The number of rotatable bonds is 15. The zero-order chi connectivity index (χ0) is 14.2. The van der Waals surface area contributed by atoms with E-state index in [1.165, 1.54) is 70.6 Å². The predicted octanol–water partition coefficient (Wildman–Crippen LogP) is 2.58. The van der Waals surface area contributed by atoms with Gasteiger partial charge in [0.2, 0.25) is 0 Å². The Morgan fingerprint density at radius 3 is 1.30 bits per heavy atom. The third-order valence-electron chi connectivity index (χ3n) is 3.55. The number of thiol groups is 1. The van der Waals surface area contributed by atoms with Crippen molar-refractivity contribution >= 4 is 18.6 Å². The Labute approximate surface area is 154 Å². The van der Waals surface area contributed by atoms with Crippen molar-refractivity contribution in [2.75, 3.05) is 5.75 Å². The van der Waals surface area contributed by atoms with Gasteiger partial charge in [-0.25, -0.2) is 0 Å². The summed E-state index contributed by atoms with van der Waals surface area (Å²) in [7, 11) is 0. The first-order chi connectivity index (χ1) is 9.27. The van der Waals surface area contributed by atoms with Crippen molar-refractivity contribution in [3.63, 3.8) is 0 Å². The van der Waals surface area contributed by atoms with Gasteiger partial charge in [0.1, 0.15) is 0 Å². The van der Waals surface area contributed by atoms with Gasteiger partial charge in [0.15, 0.2) is 0 Å². The van der Waals surface area contributed by atoms with Gasteiger partial charge >= 0.3 is 35.5 Å². The van der Waals surface area contributed by atoms with Crippen LogP contribution < -0.4 is 29.6 Å². The first-order valence-electron chi connectivity index (χ1n) is 8.10. The van der Waals surface area contributed by atoms with E-state index in [-0.39, 0.29) is 31.0 Å². The minimum absolute atomic E-state index is 0. The summed E-state index contributed by atoms with van der Waals surface area (Å²) in [5, 5.41) is 8.50. The molecule has 0 unspecified atom stereocenters. The Balaban J connectivity index is -0.00000162. The van der Waals surface area contributed by atoms with Crippen molar-refractivity contribution < 1.29 is 40.9 Å². The molecule has 0 spiro atoms. The molecule has 0 aliphatic heterocycles. The summed E-state index contributed by atoms with van der Waals surface area (Å²) in [6.07, 6.45) is 17.0. The number of hydrogen-bond donors (Lipinski definition) is 2. The minimum Gasteiger partial charge on any atom is -1.00 e. The van der Waals surface area contributed by atoms with Crippen LogP contribution in [-0.2, 0) is 4.79 Å². The summed E-state index contributed by atoms with van der Waals surface area (Å²) in [5.74, 6) is 0.376. The molecule has 1 N–H and O–H groups in total. The fourth-order valence-electron chi connectivity index (χ4n) is 2.33. The number of carboxylic acid groups (broad SMARTS) is 1. The fourth-order valence-corrected chi connectivity index (χ4v) is 2.56. The summed E-state index contributed by atoms with van der Waals surface area (Å²) < 4.78 is 0. The molecule has 0 aromatic rings. The standard InChI is InChI=1S/C16H32O2S.Na.H/c17-16(18)14-12-10-8-6-4-2-1-3-5-7-9-11-13-15-19;;/h19H,1-15H2,(H,17,18);;/q;+1;-1. The molecule has 0 heterocycles. The van der Waals surface area contributed by atoms with Gasteiger partial charge in [-0.1, -0.05) is 70.6 Å². The number of hydrogen-bond acceptors (Lipinski definition) is 2. The van der Waals surface area contributed by atoms with Crippen molar-refractivity contribution in [1.29, 1.82) is 0 Å². The van der Waals surface area contributed by atoms with E-state index in [1.807, 2.05) is 0 Å². The molecule has 2 nitrogen and oxygen atoms in total. The van der Waals surface area contributed by atoms with Gasteiger partial charge in [-0.3, -0.25) is 4.79 Å². The molecular weight excluding hydrogens is 279 g/mol. The first-order valence-corrected chi connectivity index (χ1v) is 8.73. The number of aliphatic carboxylic acids is 1. The molecule has 0 atom stereocenters. The van der Waals surface area contributed by atoms with E-state index in [2.05, 4.69) is 12.6 Å². The van der Waals surface area contributed by atoms with Crippen LogP contribution >= 0.6 is 12.6 Å². The van der Waals surface area contributed by atoms with E-state index in [0.717, 1.165) is 18.6 Å². The van der Waals surface area contributed by atoms with Crippen molar-refractivity contribution in [3.05, 3.63) is 0 Å². The summed E-state index contributed by atoms with van der Waals surface area (Å²) in [5.41, 5.74) is 0. The second-order valence-electron chi connectivity index (χ2n) is 5.46. The smallest absolute Gasteiger partial charge is 1.00 e. The Hall–Kier alpha value is 0.820. The Kier molecular flexibility index (Phi) is 22.9. The van der Waals surface area contributed by atoms with Crippen LogP contribution in [0, 0.1) is 0 Å². The molecule has 0 radical (unpaired) electrons. The van der Waals surface area contributed by atoms with Gasteiger partial charge in [-0.05, 0) is 18.6 Å². The quantitative estimate of drug-likeness (QED) is 0.277. The van der Waals surface area contributed by atoms with Crippen molar-refractivity contribution in [2.24, 2.45) is 0 Å². The number of carbonyl (C=O) groups is 1. The van der Waals surface area contributed by atoms with Crippen LogP contribution in [0.2, 0.25) is 0 Å². The third kappa shape index (κ3) is 21.1. The normalized spacial score (nSPS) is 10.2. The van der Waals surface area contributed by atoms with E-state index in [9.17, 15) is 4.79 Å².